The molecule has 2 atom stereocenters. The molecule has 35 heavy (non-hydrogen) atoms. The summed E-state index contributed by atoms with van der Waals surface area (Å²) >= 11 is 0. The van der Waals surface area contributed by atoms with Crippen LogP contribution in [0, 0.1) is 0 Å². The Labute approximate surface area is 206 Å². The fourth-order valence-corrected chi connectivity index (χ4v) is 7.56. The average molecular weight is 482 g/mol. The van der Waals surface area contributed by atoms with Crippen LogP contribution in [0.4, 0.5) is 0 Å². The van der Waals surface area contributed by atoms with Crippen LogP contribution < -0.4 is 9.47 Å². The molecule has 5 heteroatoms. The van der Waals surface area contributed by atoms with Crippen molar-refractivity contribution in [3.63, 3.8) is 0 Å². The zero-order valence-electron chi connectivity index (χ0n) is 19.6. The molecule has 0 N–H and O–H groups in total. The number of carbonyl (C=O) groups excluding carboxylic acids is 1. The van der Waals surface area contributed by atoms with Crippen molar-refractivity contribution in [1.82, 2.24) is 0 Å². The van der Waals surface area contributed by atoms with Crippen LogP contribution in [0.15, 0.2) is 84.9 Å². The Bertz CT molecular complexity index is 1570. The molecule has 0 spiro atoms. The molecule has 0 saturated carbocycles. The SMILES string of the molecule is COc1ccc(OC)c2c1CCC2OC(=O)c1ccc2c(c1)c1ccccc1[s+]2-c1ccccc1. The van der Waals surface area contributed by atoms with Gasteiger partial charge in [-0.3, -0.25) is 0 Å². The first kappa shape index (κ1) is 21.7. The lowest BCUT2D eigenvalue weighted by Gasteiger charge is -2.17. The normalized spacial score (nSPS) is 15.3. The molecule has 5 aromatic rings. The number of fused-ring (bicyclic) bond motifs is 4. The molecule has 0 amide bonds. The van der Waals surface area contributed by atoms with E-state index >= 15 is 0 Å². The molecule has 0 saturated heterocycles. The fourth-order valence-electron chi connectivity index (χ4n) is 5.18. The molecular formula is C30H25O4S+. The summed E-state index contributed by atoms with van der Waals surface area (Å²) in [5, 5.41) is 2.29. The van der Waals surface area contributed by atoms with E-state index in [2.05, 4.69) is 54.6 Å². The minimum Gasteiger partial charge on any atom is -0.496 e. The summed E-state index contributed by atoms with van der Waals surface area (Å²) in [6.45, 7) is 0. The molecule has 1 aromatic heterocycles. The third-order valence-electron chi connectivity index (χ3n) is 6.75. The summed E-state index contributed by atoms with van der Waals surface area (Å²) < 4.78 is 19.7. The highest BCUT2D eigenvalue weighted by Gasteiger charge is 2.32. The summed E-state index contributed by atoms with van der Waals surface area (Å²) in [7, 11) is 3.11. The maximum absolute atomic E-state index is 13.3. The zero-order chi connectivity index (χ0) is 23.9. The van der Waals surface area contributed by atoms with Gasteiger partial charge in [0.05, 0.1) is 19.8 Å². The minimum atomic E-state index is -0.359. The van der Waals surface area contributed by atoms with Crippen molar-refractivity contribution >= 4 is 36.6 Å². The molecule has 174 valence electrons. The number of carbonyl (C=O) groups is 1. The molecule has 0 fully saturated rings. The molecule has 4 aromatic carbocycles. The minimum absolute atomic E-state index is 0.186. The van der Waals surface area contributed by atoms with Gasteiger partial charge in [-0.15, -0.1) is 0 Å². The van der Waals surface area contributed by atoms with E-state index in [4.69, 9.17) is 14.2 Å². The number of benzene rings is 4. The number of thiophene rings is 1. The lowest BCUT2D eigenvalue weighted by molar-refractivity contribution is 0.0297. The van der Waals surface area contributed by atoms with Gasteiger partial charge in [0.15, 0.2) is 14.3 Å². The van der Waals surface area contributed by atoms with Crippen LogP contribution in [0.2, 0.25) is 0 Å². The van der Waals surface area contributed by atoms with E-state index in [0.717, 1.165) is 34.4 Å². The van der Waals surface area contributed by atoms with Gasteiger partial charge in [-0.05, 0) is 67.4 Å². The summed E-state index contributed by atoms with van der Waals surface area (Å²) in [4.78, 5) is 14.6. The van der Waals surface area contributed by atoms with Gasteiger partial charge in [0, 0.05) is 32.4 Å². The van der Waals surface area contributed by atoms with Crippen LogP contribution in [-0.2, 0) is 11.2 Å². The predicted molar refractivity (Wildman–Crippen MR) is 141 cm³/mol. The fraction of sp³-hybridized carbons (Fsp3) is 0.167. The van der Waals surface area contributed by atoms with Crippen molar-refractivity contribution in [2.45, 2.75) is 18.9 Å². The zero-order valence-corrected chi connectivity index (χ0v) is 20.4. The number of rotatable bonds is 5. The Morgan fingerprint density at radius 2 is 1.51 bits per heavy atom. The monoisotopic (exact) mass is 481 g/mol. The number of ether oxygens (including phenoxy) is 3. The highest BCUT2D eigenvalue weighted by molar-refractivity contribution is 7.50. The summed E-state index contributed by atoms with van der Waals surface area (Å²) in [6.07, 6.45) is 1.13. The third kappa shape index (κ3) is 3.55. The maximum atomic E-state index is 13.3. The van der Waals surface area contributed by atoms with Gasteiger partial charge in [0.2, 0.25) is 0 Å². The van der Waals surface area contributed by atoms with Gasteiger partial charge in [-0.1, -0.05) is 30.3 Å². The van der Waals surface area contributed by atoms with Crippen molar-refractivity contribution in [3.8, 4) is 16.4 Å². The Balaban J connectivity index is 1.40. The molecule has 0 bridgehead atoms. The van der Waals surface area contributed by atoms with Gasteiger partial charge in [-0.25, -0.2) is 4.79 Å². The number of esters is 1. The Hall–Kier alpha value is -3.83. The van der Waals surface area contributed by atoms with E-state index in [1.165, 1.54) is 19.7 Å². The first-order chi connectivity index (χ1) is 17.2. The van der Waals surface area contributed by atoms with Crippen molar-refractivity contribution < 1.29 is 19.0 Å². The number of methoxy groups -OCH3 is 2. The summed E-state index contributed by atoms with van der Waals surface area (Å²) in [5.74, 6) is 1.21. The Morgan fingerprint density at radius 1 is 0.800 bits per heavy atom. The van der Waals surface area contributed by atoms with Crippen molar-refractivity contribution in [1.29, 1.82) is 0 Å². The van der Waals surface area contributed by atoms with Gasteiger partial charge in [0.1, 0.15) is 17.6 Å². The average Bonchev–Trinajstić information content (AvgIpc) is 3.48. The molecule has 1 aliphatic carbocycles. The topological polar surface area (TPSA) is 44.8 Å². The van der Waals surface area contributed by atoms with E-state index in [1.807, 2.05) is 30.3 Å². The van der Waals surface area contributed by atoms with Crippen molar-refractivity contribution in [2.24, 2.45) is 0 Å². The quantitative estimate of drug-likeness (QED) is 0.192. The number of hydrogen-bond acceptors (Lipinski definition) is 4. The maximum Gasteiger partial charge on any atom is 0.338 e. The molecule has 1 aliphatic rings. The summed E-state index contributed by atoms with van der Waals surface area (Å²) in [5.41, 5.74) is 2.53. The second-order valence-corrected chi connectivity index (χ2v) is 10.6. The van der Waals surface area contributed by atoms with Gasteiger partial charge >= 0.3 is 5.97 Å². The highest BCUT2D eigenvalue weighted by Crippen LogP contribution is 2.49. The van der Waals surface area contributed by atoms with E-state index in [0.29, 0.717) is 12.0 Å². The van der Waals surface area contributed by atoms with Crippen LogP contribution in [-0.4, -0.2) is 20.2 Å². The third-order valence-corrected chi connectivity index (χ3v) is 9.09. The molecule has 1 heterocycles. The van der Waals surface area contributed by atoms with E-state index in [-0.39, 0.29) is 22.5 Å². The van der Waals surface area contributed by atoms with Crippen LogP contribution in [0.5, 0.6) is 11.5 Å². The molecular weight excluding hydrogens is 456 g/mol. The first-order valence-corrected chi connectivity index (χ1v) is 12.9. The van der Waals surface area contributed by atoms with Crippen LogP contribution in [0.25, 0.3) is 25.1 Å². The standard InChI is InChI=1S/C30H25O4S/c1-32-24-15-16-25(33-2)29-22(24)13-14-26(29)34-30(31)19-12-17-28-23(18-19)21-10-6-7-11-27(21)35(28)20-8-4-3-5-9-20/h3-12,15-18,26H,13-14H2,1-2H3/q+1. The van der Waals surface area contributed by atoms with Gasteiger partial charge in [0.25, 0.3) is 0 Å². The van der Waals surface area contributed by atoms with Crippen molar-refractivity contribution in [3.05, 3.63) is 102 Å². The Morgan fingerprint density at radius 3 is 2.31 bits per heavy atom. The van der Waals surface area contributed by atoms with Crippen LogP contribution in [0.3, 0.4) is 0 Å². The lowest BCUT2D eigenvalue weighted by Crippen LogP contribution is -2.10. The predicted octanol–water partition coefficient (Wildman–Crippen LogP) is 7.59. The smallest absolute Gasteiger partial charge is 0.338 e. The van der Waals surface area contributed by atoms with Gasteiger partial charge in [-0.2, -0.15) is 0 Å². The lowest BCUT2D eigenvalue weighted by atomic mass is 10.1. The van der Waals surface area contributed by atoms with Crippen molar-refractivity contribution in [2.75, 3.05) is 14.2 Å². The van der Waals surface area contributed by atoms with Crippen LogP contribution in [0.1, 0.15) is 34.0 Å². The highest BCUT2D eigenvalue weighted by atomic mass is 32.2. The van der Waals surface area contributed by atoms with E-state index in [1.54, 1.807) is 14.2 Å². The number of hydrogen-bond donors (Lipinski definition) is 0. The second kappa shape index (κ2) is 8.75. The Kier molecular flexibility index (Phi) is 5.42. The van der Waals surface area contributed by atoms with Crippen LogP contribution >= 0.6 is 10.5 Å². The first-order valence-electron chi connectivity index (χ1n) is 11.7. The van der Waals surface area contributed by atoms with Gasteiger partial charge < -0.3 is 14.2 Å². The largest absolute Gasteiger partial charge is 0.496 e. The molecule has 0 aliphatic heterocycles. The molecule has 0 radical (unpaired) electrons. The molecule has 6 rings (SSSR count). The molecule has 4 nitrogen and oxygen atoms in total. The van der Waals surface area contributed by atoms with E-state index < -0.39 is 0 Å². The van der Waals surface area contributed by atoms with E-state index in [9.17, 15) is 4.79 Å². The molecule has 2 unspecified atom stereocenters. The summed E-state index contributed by atoms with van der Waals surface area (Å²) in [6, 6.07) is 28.8. The second-order valence-electron chi connectivity index (χ2n) is 8.62.